The maximum absolute atomic E-state index is 13.3. The Morgan fingerprint density at radius 3 is 2.32 bits per heavy atom. The number of aryl methyl sites for hydroxylation is 1. The normalized spacial score (nSPS) is 11.3. The van der Waals surface area contributed by atoms with Crippen LogP contribution in [0, 0.1) is 12.7 Å². The van der Waals surface area contributed by atoms with Gasteiger partial charge in [0, 0.05) is 6.07 Å². The number of hydrogen-bond donors (Lipinski definition) is 0. The van der Waals surface area contributed by atoms with Crippen molar-refractivity contribution in [2.24, 2.45) is 0 Å². The van der Waals surface area contributed by atoms with E-state index in [1.54, 1.807) is 12.1 Å². The lowest BCUT2D eigenvalue weighted by Gasteiger charge is -2.07. The number of benzene rings is 2. The second-order valence-corrected chi connectivity index (χ2v) is 6.33. The number of rotatable bonds is 3. The number of halogens is 2. The van der Waals surface area contributed by atoms with Gasteiger partial charge in [-0.05, 0) is 47.1 Å². The van der Waals surface area contributed by atoms with Gasteiger partial charge in [0.15, 0.2) is 0 Å². The molecule has 3 nitrogen and oxygen atoms in total. The summed E-state index contributed by atoms with van der Waals surface area (Å²) in [6, 6.07) is 9.99. The molecule has 0 spiro atoms. The first-order valence-electron chi connectivity index (χ1n) is 5.35. The van der Waals surface area contributed by atoms with E-state index in [0.717, 1.165) is 11.6 Å². The van der Waals surface area contributed by atoms with Gasteiger partial charge in [0.1, 0.15) is 16.5 Å². The van der Waals surface area contributed by atoms with Crippen molar-refractivity contribution >= 4 is 26.0 Å². The van der Waals surface area contributed by atoms with Crippen molar-refractivity contribution in [3.63, 3.8) is 0 Å². The average molecular weight is 345 g/mol. The van der Waals surface area contributed by atoms with Gasteiger partial charge in [-0.15, -0.1) is 0 Å². The van der Waals surface area contributed by atoms with Gasteiger partial charge in [-0.1, -0.05) is 17.7 Å². The highest BCUT2D eigenvalue weighted by atomic mass is 79.9. The predicted octanol–water partition coefficient (Wildman–Crippen LogP) is 3.66. The minimum atomic E-state index is -3.94. The van der Waals surface area contributed by atoms with E-state index >= 15 is 0 Å². The fraction of sp³-hybridized carbons (Fsp3) is 0.0769. The Morgan fingerprint density at radius 1 is 1.11 bits per heavy atom. The van der Waals surface area contributed by atoms with Crippen LogP contribution in [0.5, 0.6) is 5.75 Å². The zero-order chi connectivity index (χ0) is 14.0. The van der Waals surface area contributed by atoms with Crippen molar-refractivity contribution in [2.45, 2.75) is 11.8 Å². The Bertz CT molecular complexity index is 696. The Kier molecular flexibility index (Phi) is 3.91. The molecule has 0 fully saturated rings. The van der Waals surface area contributed by atoms with Crippen molar-refractivity contribution < 1.29 is 17.0 Å². The molecule has 0 saturated heterocycles. The molecule has 0 radical (unpaired) electrons. The number of hydrogen-bond acceptors (Lipinski definition) is 3. The molecule has 0 atom stereocenters. The lowest BCUT2D eigenvalue weighted by Crippen LogP contribution is -2.09. The fourth-order valence-electron chi connectivity index (χ4n) is 1.41. The van der Waals surface area contributed by atoms with Crippen molar-refractivity contribution in [1.29, 1.82) is 0 Å². The summed E-state index contributed by atoms with van der Waals surface area (Å²) in [5, 5.41) is 0. The highest BCUT2D eigenvalue weighted by Gasteiger charge is 2.17. The van der Waals surface area contributed by atoms with Crippen molar-refractivity contribution in [2.75, 3.05) is 0 Å². The molecule has 6 heteroatoms. The standard InChI is InChI=1S/C13H10BrFO3S/c1-9-2-5-11(6-3-9)19(16,17)18-10-4-7-12(14)13(15)8-10/h2-8H,1H3. The Labute approximate surface area is 119 Å². The lowest BCUT2D eigenvalue weighted by atomic mass is 10.2. The smallest absolute Gasteiger partial charge is 0.339 e. The van der Waals surface area contributed by atoms with E-state index in [4.69, 9.17) is 4.18 Å². The quantitative estimate of drug-likeness (QED) is 0.798. The first-order valence-corrected chi connectivity index (χ1v) is 7.55. The van der Waals surface area contributed by atoms with E-state index in [0.29, 0.717) is 0 Å². The second kappa shape index (κ2) is 5.30. The average Bonchev–Trinajstić information content (AvgIpc) is 2.34. The van der Waals surface area contributed by atoms with Crippen LogP contribution in [0.25, 0.3) is 0 Å². The topological polar surface area (TPSA) is 43.4 Å². The molecule has 0 amide bonds. The lowest BCUT2D eigenvalue weighted by molar-refractivity contribution is 0.483. The molecule has 2 aromatic carbocycles. The van der Waals surface area contributed by atoms with Crippen LogP contribution in [-0.2, 0) is 10.1 Å². The van der Waals surface area contributed by atoms with E-state index < -0.39 is 15.9 Å². The molecular formula is C13H10BrFO3S. The highest BCUT2D eigenvalue weighted by molar-refractivity contribution is 9.10. The molecule has 0 saturated carbocycles. The van der Waals surface area contributed by atoms with E-state index in [1.165, 1.54) is 24.3 Å². The highest BCUT2D eigenvalue weighted by Crippen LogP contribution is 2.24. The summed E-state index contributed by atoms with van der Waals surface area (Å²) in [7, 11) is -3.94. The maximum Gasteiger partial charge on any atom is 0.339 e. The van der Waals surface area contributed by atoms with Gasteiger partial charge in [0.25, 0.3) is 0 Å². The summed E-state index contributed by atoms with van der Waals surface area (Å²) < 4.78 is 42.3. The molecule has 0 aliphatic carbocycles. The third-order valence-corrected chi connectivity index (χ3v) is 4.31. The molecule has 0 bridgehead atoms. The molecule has 19 heavy (non-hydrogen) atoms. The van der Waals surface area contributed by atoms with Crippen LogP contribution in [0.3, 0.4) is 0 Å². The first-order chi connectivity index (χ1) is 8.88. The fourth-order valence-corrected chi connectivity index (χ4v) is 2.58. The van der Waals surface area contributed by atoms with Gasteiger partial charge in [0.2, 0.25) is 0 Å². The molecule has 0 N–H and O–H groups in total. The summed E-state index contributed by atoms with van der Waals surface area (Å²) in [4.78, 5) is 0.0291. The minimum Gasteiger partial charge on any atom is -0.379 e. The Hall–Kier alpha value is -1.40. The second-order valence-electron chi connectivity index (χ2n) is 3.93. The summed E-state index contributed by atoms with van der Waals surface area (Å²) in [6.07, 6.45) is 0. The Balaban J connectivity index is 2.30. The monoisotopic (exact) mass is 344 g/mol. The third-order valence-electron chi connectivity index (χ3n) is 2.41. The van der Waals surface area contributed by atoms with Crippen LogP contribution >= 0.6 is 15.9 Å². The molecule has 2 aromatic rings. The molecule has 0 aliphatic heterocycles. The summed E-state index contributed by atoms with van der Waals surface area (Å²) >= 11 is 2.98. The third kappa shape index (κ3) is 3.33. The molecule has 2 rings (SSSR count). The van der Waals surface area contributed by atoms with Gasteiger partial charge in [-0.25, -0.2) is 4.39 Å². The molecule has 0 unspecified atom stereocenters. The van der Waals surface area contributed by atoms with Crippen LogP contribution in [0.2, 0.25) is 0 Å². The van der Waals surface area contributed by atoms with E-state index in [1.807, 2.05) is 6.92 Å². The molecule has 0 heterocycles. The van der Waals surface area contributed by atoms with Gasteiger partial charge in [0.05, 0.1) is 4.47 Å². The van der Waals surface area contributed by atoms with Crippen molar-refractivity contribution in [1.82, 2.24) is 0 Å². The van der Waals surface area contributed by atoms with Crippen LogP contribution in [-0.4, -0.2) is 8.42 Å². The molecular weight excluding hydrogens is 335 g/mol. The van der Waals surface area contributed by atoms with E-state index in [9.17, 15) is 12.8 Å². The maximum atomic E-state index is 13.3. The van der Waals surface area contributed by atoms with Gasteiger partial charge < -0.3 is 4.18 Å². The molecule has 0 aliphatic rings. The van der Waals surface area contributed by atoms with Crippen LogP contribution < -0.4 is 4.18 Å². The van der Waals surface area contributed by atoms with Gasteiger partial charge >= 0.3 is 10.1 Å². The minimum absolute atomic E-state index is 0.0291. The van der Waals surface area contributed by atoms with Gasteiger partial charge in [-0.2, -0.15) is 8.42 Å². The zero-order valence-electron chi connectivity index (χ0n) is 9.93. The summed E-state index contributed by atoms with van der Waals surface area (Å²) in [6.45, 7) is 1.85. The van der Waals surface area contributed by atoms with Crippen molar-refractivity contribution in [3.05, 3.63) is 58.3 Å². The van der Waals surface area contributed by atoms with Crippen LogP contribution in [0.15, 0.2) is 51.8 Å². The van der Waals surface area contributed by atoms with E-state index in [2.05, 4.69) is 15.9 Å². The predicted molar refractivity (Wildman–Crippen MR) is 73.1 cm³/mol. The Morgan fingerprint density at radius 2 is 1.74 bits per heavy atom. The summed E-state index contributed by atoms with van der Waals surface area (Å²) in [5.41, 5.74) is 0.939. The van der Waals surface area contributed by atoms with Crippen LogP contribution in [0.4, 0.5) is 4.39 Å². The first kappa shape index (κ1) is 14.0. The molecule has 100 valence electrons. The zero-order valence-corrected chi connectivity index (χ0v) is 12.3. The van der Waals surface area contributed by atoms with Crippen LogP contribution in [0.1, 0.15) is 5.56 Å². The molecule has 0 aromatic heterocycles. The van der Waals surface area contributed by atoms with Crippen molar-refractivity contribution in [3.8, 4) is 5.75 Å². The summed E-state index contributed by atoms with van der Waals surface area (Å²) in [5.74, 6) is -0.655. The van der Waals surface area contributed by atoms with E-state index in [-0.39, 0.29) is 15.1 Å². The largest absolute Gasteiger partial charge is 0.379 e. The SMILES string of the molecule is Cc1ccc(S(=O)(=O)Oc2ccc(Br)c(F)c2)cc1. The van der Waals surface area contributed by atoms with Gasteiger partial charge in [-0.3, -0.25) is 0 Å².